The lowest BCUT2D eigenvalue weighted by Crippen LogP contribution is -2.01. The standard InChI is InChI=1S/C20H16N2O4/c1-4-7-26-22-20-13-10-17(25-3)16(24-2)9-12(13)19-18(20)14-8-11(23)5-6-15(14)21-19/h1,5-6,8-10,21,23H,7H2,2-3H3/b22-20-. The zero-order chi connectivity index (χ0) is 18.3. The Hall–Kier alpha value is -3.59. The summed E-state index contributed by atoms with van der Waals surface area (Å²) in [5.41, 5.74) is 4.99. The van der Waals surface area contributed by atoms with Crippen molar-refractivity contribution in [2.24, 2.45) is 5.16 Å². The molecule has 0 fully saturated rings. The number of hydrogen-bond donors (Lipinski definition) is 2. The van der Waals surface area contributed by atoms with Gasteiger partial charge in [-0.15, -0.1) is 6.42 Å². The average molecular weight is 348 g/mol. The predicted octanol–water partition coefficient (Wildman–Crippen LogP) is 3.27. The Labute approximate surface area is 150 Å². The topological polar surface area (TPSA) is 76.1 Å². The quantitative estimate of drug-likeness (QED) is 0.337. The fraction of sp³-hybridized carbons (Fsp3) is 0.150. The van der Waals surface area contributed by atoms with Crippen LogP contribution in [0.2, 0.25) is 0 Å². The second kappa shape index (κ2) is 6.05. The van der Waals surface area contributed by atoms with Crippen LogP contribution in [-0.2, 0) is 4.84 Å². The maximum atomic E-state index is 9.91. The van der Waals surface area contributed by atoms with E-state index in [2.05, 4.69) is 16.1 Å². The van der Waals surface area contributed by atoms with Gasteiger partial charge in [0.2, 0.25) is 0 Å². The number of fused-ring (bicyclic) bond motifs is 5. The fourth-order valence-electron chi connectivity index (χ4n) is 3.27. The van der Waals surface area contributed by atoms with Crippen LogP contribution in [0.1, 0.15) is 11.1 Å². The fourth-order valence-corrected chi connectivity index (χ4v) is 3.27. The number of phenols is 1. The van der Waals surface area contributed by atoms with Crippen molar-refractivity contribution in [1.29, 1.82) is 0 Å². The lowest BCUT2D eigenvalue weighted by Gasteiger charge is -2.10. The van der Waals surface area contributed by atoms with E-state index in [1.807, 2.05) is 18.2 Å². The Morgan fingerprint density at radius 2 is 1.85 bits per heavy atom. The second-order valence-corrected chi connectivity index (χ2v) is 5.78. The van der Waals surface area contributed by atoms with E-state index < -0.39 is 0 Å². The van der Waals surface area contributed by atoms with Crippen LogP contribution >= 0.6 is 0 Å². The summed E-state index contributed by atoms with van der Waals surface area (Å²) in [5, 5.41) is 15.0. The molecule has 26 heavy (non-hydrogen) atoms. The number of aromatic hydroxyl groups is 1. The highest BCUT2D eigenvalue weighted by molar-refractivity contribution is 6.30. The van der Waals surface area contributed by atoms with Gasteiger partial charge in [-0.2, -0.15) is 0 Å². The summed E-state index contributed by atoms with van der Waals surface area (Å²) in [6.45, 7) is 0.0645. The first kappa shape index (κ1) is 15.9. The molecule has 0 amide bonds. The lowest BCUT2D eigenvalue weighted by molar-refractivity contribution is 0.180. The number of phenolic OH excluding ortho intramolecular Hbond substituents is 1. The van der Waals surface area contributed by atoms with Gasteiger partial charge >= 0.3 is 0 Å². The summed E-state index contributed by atoms with van der Waals surface area (Å²) >= 11 is 0. The SMILES string of the molecule is C#CCO/N=C1/c2cc(OC)c(OC)cc2-c2[nH]c3ccc(O)cc3c21. The molecule has 6 heteroatoms. The Morgan fingerprint density at radius 1 is 1.12 bits per heavy atom. The third-order valence-corrected chi connectivity index (χ3v) is 4.37. The van der Waals surface area contributed by atoms with Crippen LogP contribution in [0.5, 0.6) is 17.2 Å². The van der Waals surface area contributed by atoms with Crippen molar-refractivity contribution in [2.45, 2.75) is 0 Å². The Balaban J connectivity index is 2.02. The van der Waals surface area contributed by atoms with Gasteiger partial charge in [0.25, 0.3) is 0 Å². The number of terminal acetylenes is 1. The van der Waals surface area contributed by atoms with Crippen LogP contribution in [0.15, 0.2) is 35.5 Å². The zero-order valence-electron chi connectivity index (χ0n) is 14.3. The van der Waals surface area contributed by atoms with E-state index in [9.17, 15) is 5.11 Å². The van der Waals surface area contributed by atoms with Gasteiger partial charge in [0.1, 0.15) is 11.5 Å². The van der Waals surface area contributed by atoms with Gasteiger partial charge in [-0.1, -0.05) is 11.1 Å². The van der Waals surface area contributed by atoms with Crippen LogP contribution in [0.25, 0.3) is 22.2 Å². The number of ether oxygens (including phenoxy) is 2. The highest BCUT2D eigenvalue weighted by Crippen LogP contribution is 2.45. The van der Waals surface area contributed by atoms with E-state index >= 15 is 0 Å². The highest BCUT2D eigenvalue weighted by Gasteiger charge is 2.32. The Morgan fingerprint density at radius 3 is 2.54 bits per heavy atom. The molecule has 0 saturated carbocycles. The monoisotopic (exact) mass is 348 g/mol. The number of nitrogens with zero attached hydrogens (tertiary/aromatic N) is 1. The molecule has 1 aromatic heterocycles. The molecular formula is C20H16N2O4. The predicted molar refractivity (Wildman–Crippen MR) is 98.9 cm³/mol. The van der Waals surface area contributed by atoms with E-state index in [1.165, 1.54) is 0 Å². The molecule has 130 valence electrons. The number of aromatic nitrogens is 1. The number of H-pyrrole nitrogens is 1. The third-order valence-electron chi connectivity index (χ3n) is 4.37. The molecule has 1 aliphatic rings. The normalized spacial score (nSPS) is 13.3. The number of rotatable bonds is 4. The van der Waals surface area contributed by atoms with Gasteiger partial charge in [-0.25, -0.2) is 0 Å². The molecule has 0 saturated heterocycles. The maximum absolute atomic E-state index is 9.91. The molecule has 6 nitrogen and oxygen atoms in total. The first-order valence-corrected chi connectivity index (χ1v) is 7.93. The lowest BCUT2D eigenvalue weighted by atomic mass is 10.1. The van der Waals surface area contributed by atoms with E-state index in [1.54, 1.807) is 26.4 Å². The average Bonchev–Trinajstić information content (AvgIpc) is 3.15. The van der Waals surface area contributed by atoms with E-state index in [0.29, 0.717) is 17.2 Å². The molecule has 0 spiro atoms. The van der Waals surface area contributed by atoms with Crippen molar-refractivity contribution >= 4 is 16.6 Å². The molecule has 0 bridgehead atoms. The molecule has 2 aromatic carbocycles. The molecule has 1 heterocycles. The van der Waals surface area contributed by atoms with Crippen molar-refractivity contribution in [3.05, 3.63) is 41.5 Å². The number of nitrogens with one attached hydrogen (secondary N) is 1. The number of oxime groups is 1. The van der Waals surface area contributed by atoms with Gasteiger partial charge in [-0.05, 0) is 30.3 Å². The minimum absolute atomic E-state index is 0.0645. The Kier molecular flexibility index (Phi) is 3.70. The molecule has 2 N–H and O–H groups in total. The molecule has 4 rings (SSSR count). The number of aromatic amines is 1. The molecular weight excluding hydrogens is 332 g/mol. The number of benzene rings is 2. The van der Waals surface area contributed by atoms with Crippen molar-refractivity contribution in [2.75, 3.05) is 20.8 Å². The van der Waals surface area contributed by atoms with Crippen molar-refractivity contribution in [3.8, 4) is 40.8 Å². The molecule has 0 unspecified atom stereocenters. The Bertz CT molecular complexity index is 1090. The minimum atomic E-state index is 0.0645. The van der Waals surface area contributed by atoms with E-state index in [0.717, 1.165) is 33.3 Å². The first-order chi connectivity index (χ1) is 12.7. The van der Waals surface area contributed by atoms with Crippen molar-refractivity contribution < 1.29 is 19.4 Å². The summed E-state index contributed by atoms with van der Waals surface area (Å²) in [6, 6.07) is 8.90. The largest absolute Gasteiger partial charge is 0.508 e. The van der Waals surface area contributed by atoms with Gasteiger partial charge in [0.05, 0.1) is 19.9 Å². The molecule has 0 atom stereocenters. The minimum Gasteiger partial charge on any atom is -0.508 e. The summed E-state index contributed by atoms with van der Waals surface area (Å²) in [7, 11) is 3.17. The van der Waals surface area contributed by atoms with Crippen LogP contribution in [0, 0.1) is 12.3 Å². The van der Waals surface area contributed by atoms with Gasteiger partial charge in [0, 0.05) is 27.6 Å². The number of hydrogen-bond acceptors (Lipinski definition) is 5. The highest BCUT2D eigenvalue weighted by atomic mass is 16.6. The second-order valence-electron chi connectivity index (χ2n) is 5.78. The molecule has 3 aromatic rings. The van der Waals surface area contributed by atoms with Crippen LogP contribution in [0.3, 0.4) is 0 Å². The molecule has 1 aliphatic carbocycles. The summed E-state index contributed by atoms with van der Waals surface area (Å²) in [4.78, 5) is 8.65. The number of methoxy groups -OCH3 is 2. The smallest absolute Gasteiger partial charge is 0.177 e. The van der Waals surface area contributed by atoms with Gasteiger partial charge < -0.3 is 24.4 Å². The van der Waals surface area contributed by atoms with Crippen LogP contribution in [0.4, 0.5) is 0 Å². The van der Waals surface area contributed by atoms with Crippen LogP contribution < -0.4 is 9.47 Å². The zero-order valence-corrected chi connectivity index (χ0v) is 14.3. The van der Waals surface area contributed by atoms with E-state index in [-0.39, 0.29) is 12.4 Å². The summed E-state index contributed by atoms with van der Waals surface area (Å²) in [6.07, 6.45) is 5.26. The third kappa shape index (κ3) is 2.25. The summed E-state index contributed by atoms with van der Waals surface area (Å²) in [5.74, 6) is 3.78. The molecule has 0 aliphatic heterocycles. The molecule has 0 radical (unpaired) electrons. The maximum Gasteiger partial charge on any atom is 0.177 e. The van der Waals surface area contributed by atoms with Gasteiger partial charge in [0.15, 0.2) is 18.1 Å². The first-order valence-electron chi connectivity index (χ1n) is 7.93. The van der Waals surface area contributed by atoms with Gasteiger partial charge in [-0.3, -0.25) is 0 Å². The van der Waals surface area contributed by atoms with E-state index in [4.69, 9.17) is 20.7 Å². The van der Waals surface area contributed by atoms with Crippen LogP contribution in [-0.4, -0.2) is 36.6 Å². The summed E-state index contributed by atoms with van der Waals surface area (Å²) < 4.78 is 10.8. The van der Waals surface area contributed by atoms with Crippen molar-refractivity contribution in [1.82, 2.24) is 4.98 Å². The van der Waals surface area contributed by atoms with Crippen molar-refractivity contribution in [3.63, 3.8) is 0 Å².